The molecule has 4 unspecified atom stereocenters. The molecule has 2 amide bonds. The van der Waals surface area contributed by atoms with E-state index in [9.17, 15) is 63.0 Å². The van der Waals surface area contributed by atoms with Crippen molar-refractivity contribution in [2.45, 2.75) is 70.4 Å². The van der Waals surface area contributed by atoms with Crippen LogP contribution in [0.25, 0.3) is 11.2 Å². The molecular formula is C25H42N7O18P3S. The molecule has 8 atom stereocenters. The van der Waals surface area contributed by atoms with Crippen LogP contribution in [0.3, 0.4) is 0 Å². The van der Waals surface area contributed by atoms with E-state index in [0.29, 0.717) is 0 Å². The molecule has 54 heavy (non-hydrogen) atoms. The molecule has 1 saturated heterocycles. The first-order chi connectivity index (χ1) is 24.9. The van der Waals surface area contributed by atoms with E-state index in [-0.39, 0.29) is 53.8 Å². The third-order valence-corrected chi connectivity index (χ3v) is 11.2. The number of phosphoric ester groups is 3. The summed E-state index contributed by atoms with van der Waals surface area (Å²) < 4.78 is 61.9. The van der Waals surface area contributed by atoms with E-state index in [1.165, 1.54) is 20.8 Å². The number of fused-ring (bicyclic) bond motifs is 1. The topological polar surface area (TPSA) is 384 Å². The maximum Gasteiger partial charge on any atom is 0.481 e. The smallest absolute Gasteiger partial charge is 0.393 e. The molecule has 0 radical (unpaired) electrons. The van der Waals surface area contributed by atoms with Gasteiger partial charge in [0, 0.05) is 37.1 Å². The number of carbonyl (C=O) groups excluding carboxylic acids is 3. The molecule has 0 spiro atoms. The number of nitrogens with two attached hydrogens (primary N) is 1. The van der Waals surface area contributed by atoms with Gasteiger partial charge in [-0.1, -0.05) is 25.6 Å². The summed E-state index contributed by atoms with van der Waals surface area (Å²) in [6, 6.07) is 0. The molecule has 0 bridgehead atoms. The van der Waals surface area contributed by atoms with Crippen LogP contribution < -0.4 is 16.4 Å². The maximum absolute atomic E-state index is 12.6. The number of hydrogen-bond acceptors (Lipinski definition) is 19. The molecular weight excluding hydrogens is 811 g/mol. The Morgan fingerprint density at radius 3 is 2.37 bits per heavy atom. The van der Waals surface area contributed by atoms with Crippen LogP contribution in [0.1, 0.15) is 39.8 Å². The second-order valence-corrected chi connectivity index (χ2v) is 17.7. The lowest BCUT2D eigenvalue weighted by Gasteiger charge is -2.30. The third kappa shape index (κ3) is 13.9. The average molecular weight is 854 g/mol. The van der Waals surface area contributed by atoms with Gasteiger partial charge in [0.1, 0.15) is 36.3 Å². The van der Waals surface area contributed by atoms with Crippen molar-refractivity contribution in [3.8, 4) is 0 Å². The highest BCUT2D eigenvalue weighted by molar-refractivity contribution is 8.13. The highest BCUT2D eigenvalue weighted by Gasteiger charge is 2.50. The Hall–Kier alpha value is -2.48. The Kier molecular flexibility index (Phi) is 16.2. The first kappa shape index (κ1) is 45.9. The largest absolute Gasteiger partial charge is 0.481 e. The number of carbonyl (C=O) groups is 3. The number of rotatable bonds is 21. The Balaban J connectivity index is 1.51. The van der Waals surface area contributed by atoms with Crippen LogP contribution >= 0.6 is 35.2 Å². The summed E-state index contributed by atoms with van der Waals surface area (Å²) >= 11 is 0.939. The van der Waals surface area contributed by atoms with Gasteiger partial charge in [0.15, 0.2) is 22.8 Å². The second-order valence-electron chi connectivity index (χ2n) is 12.3. The Morgan fingerprint density at radius 1 is 1.06 bits per heavy atom. The fourth-order valence-electron chi connectivity index (χ4n) is 4.60. The molecule has 1 aliphatic rings. The summed E-state index contributed by atoms with van der Waals surface area (Å²) in [6.07, 6.45) is -7.79. The van der Waals surface area contributed by atoms with E-state index in [1.807, 2.05) is 0 Å². The summed E-state index contributed by atoms with van der Waals surface area (Å²) in [7, 11) is -16.4. The first-order valence-corrected chi connectivity index (χ1v) is 21.1. The summed E-state index contributed by atoms with van der Waals surface area (Å²) in [6.45, 7) is 1.83. The fourth-order valence-corrected chi connectivity index (χ4v) is 8.22. The number of thioether (sulfide) groups is 1. The first-order valence-electron chi connectivity index (χ1n) is 15.6. The van der Waals surface area contributed by atoms with Crippen LogP contribution in [0, 0.1) is 5.41 Å². The van der Waals surface area contributed by atoms with Crippen molar-refractivity contribution >= 4 is 69.1 Å². The molecule has 11 N–H and O–H groups in total. The van der Waals surface area contributed by atoms with Gasteiger partial charge in [0.05, 0.1) is 25.6 Å². The molecule has 0 aliphatic carbocycles. The van der Waals surface area contributed by atoms with Gasteiger partial charge >= 0.3 is 23.5 Å². The van der Waals surface area contributed by atoms with E-state index in [1.54, 1.807) is 0 Å². The van der Waals surface area contributed by atoms with Crippen LogP contribution in [-0.4, -0.2) is 134 Å². The van der Waals surface area contributed by atoms with Crippen LogP contribution in [-0.2, 0) is 50.7 Å². The van der Waals surface area contributed by atoms with Crippen molar-refractivity contribution < 1.29 is 85.6 Å². The minimum absolute atomic E-state index is 0.0259. The molecule has 0 aromatic carbocycles. The monoisotopic (exact) mass is 853 g/mol. The minimum Gasteiger partial charge on any atom is -0.393 e. The van der Waals surface area contributed by atoms with E-state index < -0.39 is 90.7 Å². The van der Waals surface area contributed by atoms with E-state index >= 15 is 0 Å². The van der Waals surface area contributed by atoms with Crippen LogP contribution in [0.2, 0.25) is 0 Å². The Bertz CT molecular complexity index is 1780. The standard InChI is InChI=1S/C25H42N7O18P3S/c1-13(33)8-16(35)54-7-6-27-15(34)4-5-28-23(38)20(37)25(2,3)10-47-53(44,45)50-52(42,43)46-9-14-19(49-51(39,40)41)18(36)24(48-14)32-12-31-17-21(26)29-11-30-22(17)32/h11-14,18-20,24,33,36-37H,4-10H2,1-3H3,(H,27,34)(H,28,38)(H,42,43)(H,44,45)(H2,26,29,30)(H2,39,40,41)/t13-,14+,18?,19?,20-,24+/m1/s1. The van der Waals surface area contributed by atoms with E-state index in [4.69, 9.17) is 19.5 Å². The number of aliphatic hydroxyl groups excluding tert-OH is 3. The molecule has 3 rings (SSSR count). The number of aliphatic hydroxyl groups is 3. The third-order valence-electron chi connectivity index (χ3n) is 7.23. The fraction of sp³-hybridized carbons (Fsp3) is 0.680. The van der Waals surface area contributed by atoms with Crippen molar-refractivity contribution in [2.24, 2.45) is 5.41 Å². The van der Waals surface area contributed by atoms with E-state index in [2.05, 4.69) is 34.4 Å². The van der Waals surface area contributed by atoms with Crippen molar-refractivity contribution in [2.75, 3.05) is 37.8 Å². The molecule has 3 heterocycles. The van der Waals surface area contributed by atoms with Crippen molar-refractivity contribution in [3.63, 3.8) is 0 Å². The molecule has 0 saturated carbocycles. The molecule has 29 heteroatoms. The van der Waals surface area contributed by atoms with Gasteiger partial charge in [0.25, 0.3) is 0 Å². The Morgan fingerprint density at radius 2 is 1.72 bits per heavy atom. The summed E-state index contributed by atoms with van der Waals surface area (Å²) in [5.41, 5.74) is 4.23. The lowest BCUT2D eigenvalue weighted by Crippen LogP contribution is -2.46. The van der Waals surface area contributed by atoms with Crippen LogP contribution in [0.4, 0.5) is 5.82 Å². The second kappa shape index (κ2) is 19.1. The lowest BCUT2D eigenvalue weighted by molar-refractivity contribution is -0.137. The van der Waals surface area contributed by atoms with Crippen LogP contribution in [0.5, 0.6) is 0 Å². The lowest BCUT2D eigenvalue weighted by atomic mass is 9.87. The number of nitrogens with one attached hydrogen (secondary N) is 2. The molecule has 1 aliphatic heterocycles. The predicted molar refractivity (Wildman–Crippen MR) is 183 cm³/mol. The van der Waals surface area contributed by atoms with Gasteiger partial charge in [-0.05, 0) is 6.92 Å². The molecule has 1 fully saturated rings. The zero-order chi connectivity index (χ0) is 40.6. The predicted octanol–water partition coefficient (Wildman–Crippen LogP) is -1.56. The van der Waals surface area contributed by atoms with Gasteiger partial charge < -0.3 is 56.0 Å². The number of aromatic nitrogens is 4. The number of nitrogens with zero attached hydrogens (tertiary/aromatic N) is 4. The summed E-state index contributed by atoms with van der Waals surface area (Å²) in [5, 5.41) is 35.2. The number of amides is 2. The number of hydrogen-bond donors (Lipinski definition) is 10. The SMILES string of the molecule is C[C@@H](O)CC(=O)SCCNC(=O)CCNC(=O)[C@@H](O)C(C)(C)COP(=O)(O)OP(=O)(O)OC[C@@H]1O[C@H](n2cnc3c(N)ncnc32)C(O)C1OP(=O)(O)O. The summed E-state index contributed by atoms with van der Waals surface area (Å²) in [4.78, 5) is 86.9. The zero-order valence-corrected chi connectivity index (χ0v) is 32.3. The van der Waals surface area contributed by atoms with Crippen molar-refractivity contribution in [3.05, 3.63) is 12.7 Å². The van der Waals surface area contributed by atoms with Gasteiger partial charge in [-0.2, -0.15) is 4.31 Å². The molecule has 25 nitrogen and oxygen atoms in total. The average Bonchev–Trinajstić information content (AvgIpc) is 3.60. The molecule has 2 aromatic rings. The number of imidazole rings is 1. The number of phosphoric acid groups is 3. The van der Waals surface area contributed by atoms with Gasteiger partial charge in [-0.3, -0.25) is 32.5 Å². The quantitative estimate of drug-likeness (QED) is 0.0501. The Labute approximate surface area is 310 Å². The van der Waals surface area contributed by atoms with Gasteiger partial charge in [-0.15, -0.1) is 0 Å². The highest BCUT2D eigenvalue weighted by Crippen LogP contribution is 2.61. The normalized spacial score (nSPS) is 22.6. The number of nitrogen functional groups attached to an aromatic ring is 1. The highest BCUT2D eigenvalue weighted by atomic mass is 32.2. The zero-order valence-electron chi connectivity index (χ0n) is 28.8. The van der Waals surface area contributed by atoms with Crippen molar-refractivity contribution in [1.29, 1.82) is 0 Å². The number of anilines is 1. The number of ether oxygens (including phenoxy) is 1. The maximum atomic E-state index is 12.6. The molecule has 306 valence electrons. The molecule has 2 aromatic heterocycles. The minimum atomic E-state index is -5.57. The van der Waals surface area contributed by atoms with Gasteiger partial charge in [0.2, 0.25) is 11.8 Å². The van der Waals surface area contributed by atoms with Crippen LogP contribution in [0.15, 0.2) is 12.7 Å². The van der Waals surface area contributed by atoms with Crippen molar-refractivity contribution in [1.82, 2.24) is 30.2 Å². The van der Waals surface area contributed by atoms with E-state index in [0.717, 1.165) is 29.0 Å². The summed E-state index contributed by atoms with van der Waals surface area (Å²) in [5.74, 6) is -1.25. The van der Waals surface area contributed by atoms with Gasteiger partial charge in [-0.25, -0.2) is 28.6 Å².